The minimum absolute atomic E-state index is 0.144. The van der Waals surface area contributed by atoms with E-state index in [-0.39, 0.29) is 31.6 Å². The molecule has 1 aliphatic carbocycles. The predicted octanol–water partition coefficient (Wildman–Crippen LogP) is 3.04. The highest BCUT2D eigenvalue weighted by molar-refractivity contribution is 5.85. The highest BCUT2D eigenvalue weighted by atomic mass is 19.1. The lowest BCUT2D eigenvalue weighted by Crippen LogP contribution is -2.49. The first-order valence-corrected chi connectivity index (χ1v) is 11.1. The number of fused-ring (bicyclic) bond motifs is 2. The summed E-state index contributed by atoms with van der Waals surface area (Å²) in [5.74, 6) is 0.185. The van der Waals surface area contributed by atoms with E-state index in [1.165, 1.54) is 19.3 Å². The number of carboxylic acid groups (broad SMARTS) is 1. The van der Waals surface area contributed by atoms with E-state index < -0.39 is 23.9 Å². The Morgan fingerprint density at radius 3 is 2.83 bits per heavy atom. The third-order valence-corrected chi connectivity index (χ3v) is 6.20. The number of rotatable bonds is 6. The molecule has 0 saturated heterocycles. The fourth-order valence-electron chi connectivity index (χ4n) is 4.37. The van der Waals surface area contributed by atoms with Crippen LogP contribution in [0, 0.1) is 0 Å². The van der Waals surface area contributed by atoms with E-state index in [2.05, 4.69) is 9.98 Å². The zero-order valence-corrected chi connectivity index (χ0v) is 19.2. The normalized spacial score (nSPS) is 22.4. The maximum Gasteiger partial charge on any atom is 0.326 e. The second kappa shape index (κ2) is 9.28. The first-order valence-electron chi connectivity index (χ1n) is 11.1. The molecule has 0 amide bonds. The molecule has 1 aromatic heterocycles. The third kappa shape index (κ3) is 4.39. The van der Waals surface area contributed by atoms with E-state index >= 15 is 0 Å². The van der Waals surface area contributed by atoms with Crippen LogP contribution >= 0.6 is 0 Å². The fraction of sp³-hybridized carbons (Fsp3) is 0.320. The lowest BCUT2D eigenvalue weighted by Gasteiger charge is -2.36. The van der Waals surface area contributed by atoms with Crippen molar-refractivity contribution in [1.29, 1.82) is 0 Å². The number of amidine groups is 1. The van der Waals surface area contributed by atoms with Crippen LogP contribution in [0.25, 0.3) is 0 Å². The predicted molar refractivity (Wildman–Crippen MR) is 123 cm³/mol. The monoisotopic (exact) mass is 481 g/mol. The number of nitrogens with zero attached hydrogens (tertiary/aromatic N) is 3. The van der Waals surface area contributed by atoms with Crippen LogP contribution in [-0.4, -0.2) is 59.4 Å². The molecule has 9 nitrogen and oxygen atoms in total. The van der Waals surface area contributed by atoms with Crippen molar-refractivity contribution >= 4 is 12.0 Å². The van der Waals surface area contributed by atoms with Crippen molar-refractivity contribution in [3.63, 3.8) is 0 Å². The Morgan fingerprint density at radius 2 is 2.11 bits per heavy atom. The Morgan fingerprint density at radius 1 is 1.26 bits per heavy atom. The highest BCUT2D eigenvalue weighted by Crippen LogP contribution is 2.39. The molecule has 35 heavy (non-hydrogen) atoms. The lowest BCUT2D eigenvalue weighted by molar-refractivity contribution is -0.142. The van der Waals surface area contributed by atoms with Gasteiger partial charge in [0.1, 0.15) is 36.4 Å². The lowest BCUT2D eigenvalue weighted by atomic mass is 9.93. The van der Waals surface area contributed by atoms with Crippen LogP contribution in [-0.2, 0) is 29.1 Å². The Kier molecular flexibility index (Phi) is 6.02. The van der Waals surface area contributed by atoms with Crippen LogP contribution < -0.4 is 14.2 Å². The standard InChI is InChI=1S/C25H24FN3O6/c1-32-17-6-5-16(27-11-17)13-34-23-18-10-20(24(30)31)29(12-14(18)3-8-21(23)33-2)25-28-19-7-4-15(26)9-22(19)35-25/h3-9,11,19-20,22H,10,12-13H2,1-2H3,(H,30,31). The first kappa shape index (κ1) is 22.7. The van der Waals surface area contributed by atoms with E-state index in [1.54, 1.807) is 42.5 Å². The summed E-state index contributed by atoms with van der Waals surface area (Å²) in [6.45, 7) is 0.406. The van der Waals surface area contributed by atoms with E-state index in [4.69, 9.17) is 18.9 Å². The molecule has 2 aliphatic heterocycles. The Balaban J connectivity index is 1.42. The van der Waals surface area contributed by atoms with Crippen LogP contribution in [0.1, 0.15) is 16.8 Å². The van der Waals surface area contributed by atoms with Gasteiger partial charge in [0.15, 0.2) is 11.5 Å². The van der Waals surface area contributed by atoms with Crippen molar-refractivity contribution in [2.24, 2.45) is 4.99 Å². The van der Waals surface area contributed by atoms with Gasteiger partial charge in [-0.1, -0.05) is 12.1 Å². The van der Waals surface area contributed by atoms with Crippen molar-refractivity contribution in [1.82, 2.24) is 9.88 Å². The Bertz CT molecular complexity index is 1230. The van der Waals surface area contributed by atoms with Crippen LogP contribution in [0.3, 0.4) is 0 Å². The van der Waals surface area contributed by atoms with Crippen molar-refractivity contribution in [3.8, 4) is 17.2 Å². The van der Waals surface area contributed by atoms with E-state index in [9.17, 15) is 14.3 Å². The van der Waals surface area contributed by atoms with Gasteiger partial charge in [-0.3, -0.25) is 4.98 Å². The number of carbonyl (C=O) groups is 1. The summed E-state index contributed by atoms with van der Waals surface area (Å²) < 4.78 is 36.2. The summed E-state index contributed by atoms with van der Waals surface area (Å²) >= 11 is 0. The maximum absolute atomic E-state index is 13.6. The van der Waals surface area contributed by atoms with E-state index in [0.29, 0.717) is 22.9 Å². The number of halogens is 1. The van der Waals surface area contributed by atoms with Gasteiger partial charge in [0.05, 0.1) is 26.1 Å². The molecule has 0 saturated carbocycles. The number of hydrogen-bond donors (Lipinski definition) is 1. The van der Waals surface area contributed by atoms with Gasteiger partial charge in [0, 0.05) is 18.5 Å². The summed E-state index contributed by atoms with van der Waals surface area (Å²) in [7, 11) is 3.10. The fourth-order valence-corrected chi connectivity index (χ4v) is 4.37. The zero-order valence-electron chi connectivity index (χ0n) is 19.2. The van der Waals surface area contributed by atoms with Gasteiger partial charge in [0.2, 0.25) is 0 Å². The molecular weight excluding hydrogens is 457 g/mol. The first-order chi connectivity index (χ1) is 17.0. The second-order valence-electron chi connectivity index (χ2n) is 8.29. The van der Waals surface area contributed by atoms with Crippen LogP contribution in [0.2, 0.25) is 0 Å². The number of benzene rings is 1. The molecule has 0 spiro atoms. The molecule has 2 aromatic rings. The van der Waals surface area contributed by atoms with Gasteiger partial charge in [0.25, 0.3) is 6.02 Å². The number of methoxy groups -OCH3 is 2. The SMILES string of the molecule is COc1ccc(COc2c(OC)ccc3c2CC(C(=O)O)N(C2=NC4C=CC(F)=CC4O2)C3)nc1. The minimum atomic E-state index is -1.03. The van der Waals surface area contributed by atoms with Gasteiger partial charge < -0.3 is 29.0 Å². The van der Waals surface area contributed by atoms with E-state index in [0.717, 1.165) is 11.1 Å². The molecule has 3 atom stereocenters. The topological polar surface area (TPSA) is 103 Å². The number of hydrogen-bond acceptors (Lipinski definition) is 8. The van der Waals surface area contributed by atoms with Crippen LogP contribution in [0.5, 0.6) is 17.2 Å². The Labute approximate surface area is 201 Å². The minimum Gasteiger partial charge on any atom is -0.495 e. The molecule has 3 heterocycles. The van der Waals surface area contributed by atoms with Crippen LogP contribution in [0.4, 0.5) is 4.39 Å². The molecule has 3 unspecified atom stereocenters. The van der Waals surface area contributed by atoms with Crippen molar-refractivity contribution in [2.75, 3.05) is 14.2 Å². The second-order valence-corrected chi connectivity index (χ2v) is 8.29. The molecular formula is C25H24FN3O6. The molecule has 0 bridgehead atoms. The third-order valence-electron chi connectivity index (χ3n) is 6.20. The van der Waals surface area contributed by atoms with Gasteiger partial charge in [-0.05, 0) is 35.9 Å². The average molecular weight is 481 g/mol. The molecule has 10 heteroatoms. The number of ether oxygens (including phenoxy) is 4. The largest absolute Gasteiger partial charge is 0.495 e. The number of aliphatic carboxylic acids is 1. The number of aliphatic imine (C=N–C) groups is 1. The summed E-state index contributed by atoms with van der Waals surface area (Å²) in [5, 5.41) is 10.0. The Hall–Kier alpha value is -4.08. The number of pyridine rings is 1. The van der Waals surface area contributed by atoms with Crippen molar-refractivity contribution < 1.29 is 33.2 Å². The summed E-state index contributed by atoms with van der Waals surface area (Å²) in [6, 6.07) is 6.10. The maximum atomic E-state index is 13.6. The zero-order chi connectivity index (χ0) is 24.5. The molecule has 0 radical (unpaired) electrons. The van der Waals surface area contributed by atoms with E-state index in [1.807, 2.05) is 6.07 Å². The summed E-state index contributed by atoms with van der Waals surface area (Å²) in [5.41, 5.74) is 2.28. The molecule has 1 aromatic carbocycles. The van der Waals surface area contributed by atoms with Gasteiger partial charge in [-0.2, -0.15) is 0 Å². The highest BCUT2D eigenvalue weighted by Gasteiger charge is 2.41. The summed E-state index contributed by atoms with van der Waals surface area (Å²) in [4.78, 5) is 22.7. The average Bonchev–Trinajstić information content (AvgIpc) is 3.29. The number of allylic oxidation sites excluding steroid dienone is 2. The molecule has 182 valence electrons. The molecule has 0 fully saturated rings. The molecule has 5 rings (SSSR count). The quantitative estimate of drug-likeness (QED) is 0.672. The number of carboxylic acids is 1. The molecule has 1 N–H and O–H groups in total. The summed E-state index contributed by atoms with van der Waals surface area (Å²) in [6.07, 6.45) is 5.46. The van der Waals surface area contributed by atoms with Gasteiger partial charge >= 0.3 is 5.97 Å². The number of aromatic nitrogens is 1. The molecule has 3 aliphatic rings. The van der Waals surface area contributed by atoms with Crippen molar-refractivity contribution in [3.05, 3.63) is 71.3 Å². The van der Waals surface area contributed by atoms with Crippen LogP contribution in [0.15, 0.2) is 59.5 Å². The van der Waals surface area contributed by atoms with Gasteiger partial charge in [-0.25, -0.2) is 14.2 Å². The smallest absolute Gasteiger partial charge is 0.326 e. The van der Waals surface area contributed by atoms with Crippen molar-refractivity contribution in [2.45, 2.75) is 37.8 Å². The van der Waals surface area contributed by atoms with Gasteiger partial charge in [-0.15, -0.1) is 0 Å².